The molecule has 0 spiro atoms. The molecule has 1 heterocycles. The van der Waals surface area contributed by atoms with E-state index in [0.717, 1.165) is 23.3 Å². The molecule has 0 aliphatic carbocycles. The van der Waals surface area contributed by atoms with Crippen LogP contribution in [0.1, 0.15) is 54.2 Å². The second-order valence-electron chi connectivity index (χ2n) is 7.34. The lowest BCUT2D eigenvalue weighted by molar-refractivity contribution is -0.114. The molecular weight excluding hydrogens is 326 g/mol. The van der Waals surface area contributed by atoms with Crippen LogP contribution in [-0.2, 0) is 10.2 Å². The molecule has 4 nitrogen and oxygen atoms in total. The molecule has 0 saturated heterocycles. The van der Waals surface area contributed by atoms with Crippen molar-refractivity contribution in [2.24, 2.45) is 5.73 Å². The van der Waals surface area contributed by atoms with Crippen molar-refractivity contribution in [2.75, 3.05) is 6.61 Å². The van der Waals surface area contributed by atoms with Gasteiger partial charge in [-0.1, -0.05) is 38.1 Å². The number of ketones is 1. The van der Waals surface area contributed by atoms with Crippen LogP contribution in [0.2, 0.25) is 0 Å². The van der Waals surface area contributed by atoms with E-state index in [1.807, 2.05) is 30.3 Å². The van der Waals surface area contributed by atoms with Crippen molar-refractivity contribution < 1.29 is 14.3 Å². The van der Waals surface area contributed by atoms with Crippen LogP contribution in [0.15, 0.2) is 48.0 Å². The highest BCUT2D eigenvalue weighted by molar-refractivity contribution is 6.09. The SMILES string of the molecule is CC(=Cc1ccc(C(=O)c2ccc3c(c2)C(C)(C)CCO3)cc1)C(N)=O. The minimum Gasteiger partial charge on any atom is -0.493 e. The van der Waals surface area contributed by atoms with E-state index in [0.29, 0.717) is 23.3 Å². The monoisotopic (exact) mass is 349 g/mol. The lowest BCUT2D eigenvalue weighted by Gasteiger charge is -2.32. The van der Waals surface area contributed by atoms with Crippen molar-refractivity contribution in [3.8, 4) is 5.75 Å². The van der Waals surface area contributed by atoms with Crippen molar-refractivity contribution in [1.82, 2.24) is 0 Å². The molecule has 0 fully saturated rings. The maximum Gasteiger partial charge on any atom is 0.244 e. The fourth-order valence-electron chi connectivity index (χ4n) is 3.10. The summed E-state index contributed by atoms with van der Waals surface area (Å²) in [6.45, 7) is 6.71. The summed E-state index contributed by atoms with van der Waals surface area (Å²) < 4.78 is 5.72. The zero-order valence-corrected chi connectivity index (χ0v) is 15.3. The average Bonchev–Trinajstić information content (AvgIpc) is 2.61. The summed E-state index contributed by atoms with van der Waals surface area (Å²) in [6, 6.07) is 12.8. The van der Waals surface area contributed by atoms with Gasteiger partial charge in [-0.15, -0.1) is 0 Å². The van der Waals surface area contributed by atoms with Crippen LogP contribution in [0.5, 0.6) is 5.75 Å². The number of ether oxygens (including phenoxy) is 1. The first-order valence-corrected chi connectivity index (χ1v) is 8.68. The number of carbonyl (C=O) groups excluding carboxylic acids is 2. The van der Waals surface area contributed by atoms with E-state index >= 15 is 0 Å². The maximum atomic E-state index is 12.9. The van der Waals surface area contributed by atoms with E-state index < -0.39 is 5.91 Å². The van der Waals surface area contributed by atoms with Gasteiger partial charge in [-0.05, 0) is 48.6 Å². The van der Waals surface area contributed by atoms with Crippen LogP contribution in [0.25, 0.3) is 6.08 Å². The van der Waals surface area contributed by atoms with Gasteiger partial charge in [0.1, 0.15) is 5.75 Å². The summed E-state index contributed by atoms with van der Waals surface area (Å²) in [5, 5.41) is 0. The molecule has 3 rings (SSSR count). The second kappa shape index (κ2) is 6.79. The van der Waals surface area contributed by atoms with Crippen molar-refractivity contribution in [1.29, 1.82) is 0 Å². The van der Waals surface area contributed by atoms with Crippen molar-refractivity contribution in [3.05, 3.63) is 70.3 Å². The summed E-state index contributed by atoms with van der Waals surface area (Å²) in [6.07, 6.45) is 2.63. The Balaban J connectivity index is 1.88. The molecule has 1 aliphatic heterocycles. The van der Waals surface area contributed by atoms with Crippen LogP contribution in [0.3, 0.4) is 0 Å². The summed E-state index contributed by atoms with van der Waals surface area (Å²) in [5.41, 5.74) is 8.87. The summed E-state index contributed by atoms with van der Waals surface area (Å²) >= 11 is 0. The fourth-order valence-corrected chi connectivity index (χ4v) is 3.10. The fraction of sp³-hybridized carbons (Fsp3) is 0.273. The lowest BCUT2D eigenvalue weighted by Crippen LogP contribution is -2.27. The topological polar surface area (TPSA) is 69.4 Å². The Morgan fingerprint density at radius 3 is 2.38 bits per heavy atom. The summed E-state index contributed by atoms with van der Waals surface area (Å²) in [7, 11) is 0. The molecule has 4 heteroatoms. The number of rotatable bonds is 4. The quantitative estimate of drug-likeness (QED) is 0.673. The number of primary amides is 1. The van der Waals surface area contributed by atoms with Gasteiger partial charge in [-0.2, -0.15) is 0 Å². The van der Waals surface area contributed by atoms with Crippen LogP contribution < -0.4 is 10.5 Å². The van der Waals surface area contributed by atoms with Gasteiger partial charge >= 0.3 is 0 Å². The Labute approximate surface area is 153 Å². The second-order valence-corrected chi connectivity index (χ2v) is 7.34. The minimum absolute atomic E-state index is 0.00911. The van der Waals surface area contributed by atoms with Gasteiger partial charge in [0.25, 0.3) is 0 Å². The van der Waals surface area contributed by atoms with Gasteiger partial charge < -0.3 is 10.5 Å². The summed E-state index contributed by atoms with van der Waals surface area (Å²) in [5.74, 6) is 0.376. The van der Waals surface area contributed by atoms with Gasteiger partial charge in [-0.25, -0.2) is 0 Å². The van der Waals surface area contributed by atoms with E-state index in [2.05, 4.69) is 13.8 Å². The van der Waals surface area contributed by atoms with E-state index in [1.54, 1.807) is 25.1 Å². The first-order valence-electron chi connectivity index (χ1n) is 8.68. The molecule has 0 bridgehead atoms. The number of amides is 1. The van der Waals surface area contributed by atoms with Crippen LogP contribution in [0.4, 0.5) is 0 Å². The molecule has 2 aromatic carbocycles. The van der Waals surface area contributed by atoms with Gasteiger partial charge in [0.2, 0.25) is 5.91 Å². The highest BCUT2D eigenvalue weighted by atomic mass is 16.5. The third kappa shape index (κ3) is 3.54. The smallest absolute Gasteiger partial charge is 0.244 e. The van der Waals surface area contributed by atoms with Gasteiger partial charge in [0.15, 0.2) is 5.78 Å². The molecule has 2 aromatic rings. The van der Waals surface area contributed by atoms with Crippen molar-refractivity contribution in [3.63, 3.8) is 0 Å². The Kier molecular flexibility index (Phi) is 4.68. The third-order valence-corrected chi connectivity index (χ3v) is 4.90. The third-order valence-electron chi connectivity index (χ3n) is 4.90. The zero-order chi connectivity index (χ0) is 18.9. The highest BCUT2D eigenvalue weighted by Crippen LogP contribution is 2.38. The van der Waals surface area contributed by atoms with Gasteiger partial charge in [0.05, 0.1) is 6.61 Å². The summed E-state index contributed by atoms with van der Waals surface area (Å²) in [4.78, 5) is 24.0. The largest absolute Gasteiger partial charge is 0.493 e. The number of benzene rings is 2. The number of hydrogen-bond donors (Lipinski definition) is 1. The van der Waals surface area contributed by atoms with Crippen molar-refractivity contribution in [2.45, 2.75) is 32.6 Å². The minimum atomic E-state index is -0.455. The van der Waals surface area contributed by atoms with Crippen LogP contribution >= 0.6 is 0 Å². The standard InChI is InChI=1S/C22H23NO3/c1-14(21(23)25)12-15-4-6-16(7-5-15)20(24)17-8-9-19-18(13-17)22(2,3)10-11-26-19/h4-9,12-13H,10-11H2,1-3H3,(H2,23,25). The van der Waals surface area contributed by atoms with E-state index in [9.17, 15) is 9.59 Å². The van der Waals surface area contributed by atoms with Crippen LogP contribution in [-0.4, -0.2) is 18.3 Å². The molecule has 0 aromatic heterocycles. The molecule has 0 saturated carbocycles. The lowest BCUT2D eigenvalue weighted by atomic mass is 9.79. The first-order chi connectivity index (χ1) is 12.3. The molecule has 0 radical (unpaired) electrons. The highest BCUT2D eigenvalue weighted by Gasteiger charge is 2.29. The number of carbonyl (C=O) groups is 2. The predicted octanol–water partition coefficient (Wildman–Crippen LogP) is 3.87. The van der Waals surface area contributed by atoms with Gasteiger partial charge in [0, 0.05) is 22.3 Å². The average molecular weight is 349 g/mol. The molecular formula is C22H23NO3. The maximum absolute atomic E-state index is 12.9. The Morgan fingerprint density at radius 2 is 1.73 bits per heavy atom. The number of nitrogens with two attached hydrogens (primary N) is 1. The Bertz CT molecular complexity index is 892. The molecule has 134 valence electrons. The number of hydrogen-bond acceptors (Lipinski definition) is 3. The van der Waals surface area contributed by atoms with E-state index in [1.165, 1.54) is 0 Å². The molecule has 2 N–H and O–H groups in total. The molecule has 1 amide bonds. The normalized spacial score (nSPS) is 15.7. The number of fused-ring (bicyclic) bond motifs is 1. The predicted molar refractivity (Wildman–Crippen MR) is 102 cm³/mol. The molecule has 0 unspecified atom stereocenters. The van der Waals surface area contributed by atoms with E-state index in [-0.39, 0.29) is 11.2 Å². The zero-order valence-electron chi connectivity index (χ0n) is 15.3. The molecule has 0 atom stereocenters. The van der Waals surface area contributed by atoms with Crippen LogP contribution in [0, 0.1) is 0 Å². The Hall–Kier alpha value is -2.88. The van der Waals surface area contributed by atoms with E-state index in [4.69, 9.17) is 10.5 Å². The Morgan fingerprint density at radius 1 is 1.08 bits per heavy atom. The van der Waals surface area contributed by atoms with Crippen molar-refractivity contribution >= 4 is 17.8 Å². The molecule has 26 heavy (non-hydrogen) atoms. The molecule has 1 aliphatic rings. The first kappa shape index (κ1) is 17.9. The van der Waals surface area contributed by atoms with Gasteiger partial charge in [-0.3, -0.25) is 9.59 Å².